The van der Waals surface area contributed by atoms with Gasteiger partial charge in [-0.3, -0.25) is 9.59 Å². The number of morpholine rings is 1. The molecule has 1 aromatic rings. The summed E-state index contributed by atoms with van der Waals surface area (Å²) in [6, 6.07) is 7.48. The average Bonchev–Trinajstić information content (AvgIpc) is 2.63. The normalized spacial score (nSPS) is 21.6. The summed E-state index contributed by atoms with van der Waals surface area (Å²) in [7, 11) is 0. The molecule has 6 nitrogen and oxygen atoms in total. The zero-order valence-corrected chi connectivity index (χ0v) is 15.1. The largest absolute Gasteiger partial charge is 0.378 e. The molecule has 2 fully saturated rings. The number of ether oxygens (including phenoxy) is 1. The zero-order valence-electron chi connectivity index (χ0n) is 13.5. The number of piperazine rings is 1. The molecular formula is C17H22BrN3O3. The van der Waals surface area contributed by atoms with Crippen LogP contribution in [0.3, 0.4) is 0 Å². The predicted octanol–water partition coefficient (Wildman–Crippen LogP) is 1.11. The van der Waals surface area contributed by atoms with Gasteiger partial charge < -0.3 is 19.9 Å². The second-order valence-electron chi connectivity index (χ2n) is 6.11. The fourth-order valence-electron chi connectivity index (χ4n) is 3.02. The van der Waals surface area contributed by atoms with Gasteiger partial charge in [-0.1, -0.05) is 15.9 Å². The highest BCUT2D eigenvalue weighted by molar-refractivity contribution is 9.10. The molecule has 2 amide bonds. The fraction of sp³-hybridized carbons (Fsp3) is 0.529. The van der Waals surface area contributed by atoms with E-state index in [1.165, 1.54) is 0 Å². The standard InChI is InChI=1S/C17H22BrN3O3/c18-14-3-1-13(2-4-14)17(23)21-8-6-20(7-9-21)16(22)11-15-12-24-10-5-19-15/h1-4,15,19H,5-12H2. The maximum absolute atomic E-state index is 12.5. The summed E-state index contributed by atoms with van der Waals surface area (Å²) in [4.78, 5) is 28.5. The number of halogens is 1. The first kappa shape index (κ1) is 17.4. The van der Waals surface area contributed by atoms with E-state index in [4.69, 9.17) is 4.74 Å². The number of carbonyl (C=O) groups excluding carboxylic acids is 2. The Balaban J connectivity index is 1.48. The molecule has 1 N–H and O–H groups in total. The van der Waals surface area contributed by atoms with Crippen molar-refractivity contribution in [3.05, 3.63) is 34.3 Å². The van der Waals surface area contributed by atoms with E-state index in [9.17, 15) is 9.59 Å². The molecule has 0 aromatic heterocycles. The summed E-state index contributed by atoms with van der Waals surface area (Å²) < 4.78 is 6.34. The Labute approximate surface area is 150 Å². The summed E-state index contributed by atoms with van der Waals surface area (Å²) >= 11 is 3.37. The highest BCUT2D eigenvalue weighted by atomic mass is 79.9. The molecule has 0 spiro atoms. The van der Waals surface area contributed by atoms with Crippen molar-refractivity contribution in [1.29, 1.82) is 0 Å². The van der Waals surface area contributed by atoms with Crippen LogP contribution in [0.15, 0.2) is 28.7 Å². The average molecular weight is 396 g/mol. The number of nitrogens with zero attached hydrogens (tertiary/aromatic N) is 2. The number of nitrogens with one attached hydrogen (secondary N) is 1. The Hall–Kier alpha value is -1.44. The van der Waals surface area contributed by atoms with Gasteiger partial charge in [-0.05, 0) is 24.3 Å². The third kappa shape index (κ3) is 4.34. The number of hydrogen-bond donors (Lipinski definition) is 1. The Kier molecular flexibility index (Phi) is 5.86. The van der Waals surface area contributed by atoms with Crippen molar-refractivity contribution in [2.75, 3.05) is 45.9 Å². The lowest BCUT2D eigenvalue weighted by atomic mass is 10.1. The highest BCUT2D eigenvalue weighted by Gasteiger charge is 2.26. The van der Waals surface area contributed by atoms with Gasteiger partial charge in [0.2, 0.25) is 5.91 Å². The molecule has 130 valence electrons. The molecule has 24 heavy (non-hydrogen) atoms. The number of rotatable bonds is 3. The second-order valence-corrected chi connectivity index (χ2v) is 7.03. The van der Waals surface area contributed by atoms with Gasteiger partial charge in [-0.2, -0.15) is 0 Å². The summed E-state index contributed by atoms with van der Waals surface area (Å²) in [6.07, 6.45) is 0.459. The van der Waals surface area contributed by atoms with Gasteiger partial charge in [0.25, 0.3) is 5.91 Å². The molecule has 2 aliphatic heterocycles. The van der Waals surface area contributed by atoms with Crippen LogP contribution in [0.25, 0.3) is 0 Å². The first-order valence-electron chi connectivity index (χ1n) is 8.27. The van der Waals surface area contributed by atoms with Gasteiger partial charge in [-0.25, -0.2) is 0 Å². The first-order chi connectivity index (χ1) is 11.6. The Morgan fingerprint density at radius 1 is 1.12 bits per heavy atom. The SMILES string of the molecule is O=C(CC1COCCN1)N1CCN(C(=O)c2ccc(Br)cc2)CC1. The van der Waals surface area contributed by atoms with Crippen molar-refractivity contribution in [3.63, 3.8) is 0 Å². The van der Waals surface area contributed by atoms with E-state index in [1.807, 2.05) is 34.1 Å². The molecule has 1 aromatic carbocycles. The molecule has 0 saturated carbocycles. The van der Waals surface area contributed by atoms with Gasteiger partial charge in [0, 0.05) is 55.2 Å². The molecule has 7 heteroatoms. The highest BCUT2D eigenvalue weighted by Crippen LogP contribution is 2.14. The van der Waals surface area contributed by atoms with Crippen LogP contribution in [0.1, 0.15) is 16.8 Å². The topological polar surface area (TPSA) is 61.9 Å². The fourth-order valence-corrected chi connectivity index (χ4v) is 3.29. The zero-order chi connectivity index (χ0) is 16.9. The summed E-state index contributed by atoms with van der Waals surface area (Å²) in [5.74, 6) is 0.158. The molecule has 2 aliphatic rings. The molecule has 2 saturated heterocycles. The van der Waals surface area contributed by atoms with E-state index in [2.05, 4.69) is 21.2 Å². The van der Waals surface area contributed by atoms with Crippen LogP contribution >= 0.6 is 15.9 Å². The van der Waals surface area contributed by atoms with Crippen LogP contribution in [-0.4, -0.2) is 73.6 Å². The molecule has 3 rings (SSSR count). The molecule has 0 radical (unpaired) electrons. The van der Waals surface area contributed by atoms with Gasteiger partial charge in [0.05, 0.1) is 13.2 Å². The molecular weight excluding hydrogens is 374 g/mol. The van der Waals surface area contributed by atoms with Crippen LogP contribution in [0.5, 0.6) is 0 Å². The van der Waals surface area contributed by atoms with E-state index >= 15 is 0 Å². The Bertz CT molecular complexity index is 579. The predicted molar refractivity (Wildman–Crippen MR) is 93.9 cm³/mol. The number of benzene rings is 1. The lowest BCUT2D eigenvalue weighted by molar-refractivity contribution is -0.133. The van der Waals surface area contributed by atoms with Crippen LogP contribution in [-0.2, 0) is 9.53 Å². The summed E-state index contributed by atoms with van der Waals surface area (Å²) in [6.45, 7) is 4.44. The van der Waals surface area contributed by atoms with E-state index in [0.29, 0.717) is 51.4 Å². The molecule has 1 atom stereocenters. The Morgan fingerprint density at radius 3 is 2.42 bits per heavy atom. The molecule has 2 heterocycles. The van der Waals surface area contributed by atoms with E-state index in [-0.39, 0.29) is 17.9 Å². The van der Waals surface area contributed by atoms with Crippen LogP contribution in [0.4, 0.5) is 0 Å². The first-order valence-corrected chi connectivity index (χ1v) is 9.06. The van der Waals surface area contributed by atoms with Gasteiger partial charge >= 0.3 is 0 Å². The van der Waals surface area contributed by atoms with Crippen molar-refractivity contribution in [2.24, 2.45) is 0 Å². The van der Waals surface area contributed by atoms with Crippen LogP contribution in [0, 0.1) is 0 Å². The van der Waals surface area contributed by atoms with Crippen LogP contribution in [0.2, 0.25) is 0 Å². The summed E-state index contributed by atoms with van der Waals surface area (Å²) in [5.41, 5.74) is 0.682. The third-order valence-corrected chi connectivity index (χ3v) is 4.96. The third-order valence-electron chi connectivity index (χ3n) is 4.43. The number of amides is 2. The van der Waals surface area contributed by atoms with Crippen molar-refractivity contribution in [1.82, 2.24) is 15.1 Å². The molecule has 1 unspecified atom stereocenters. The smallest absolute Gasteiger partial charge is 0.253 e. The molecule has 0 aliphatic carbocycles. The van der Waals surface area contributed by atoms with Gasteiger partial charge in [0.15, 0.2) is 0 Å². The minimum atomic E-state index is 0.0250. The quantitative estimate of drug-likeness (QED) is 0.832. The van der Waals surface area contributed by atoms with Crippen molar-refractivity contribution in [3.8, 4) is 0 Å². The maximum Gasteiger partial charge on any atom is 0.253 e. The van der Waals surface area contributed by atoms with Crippen LogP contribution < -0.4 is 5.32 Å². The second kappa shape index (κ2) is 8.09. The number of carbonyl (C=O) groups is 2. The number of hydrogen-bond acceptors (Lipinski definition) is 4. The van der Waals surface area contributed by atoms with Crippen molar-refractivity contribution >= 4 is 27.7 Å². The molecule has 0 bridgehead atoms. The maximum atomic E-state index is 12.5. The van der Waals surface area contributed by atoms with Gasteiger partial charge in [0.1, 0.15) is 0 Å². The lowest BCUT2D eigenvalue weighted by Gasteiger charge is -2.36. The van der Waals surface area contributed by atoms with E-state index < -0.39 is 0 Å². The van der Waals surface area contributed by atoms with E-state index in [0.717, 1.165) is 11.0 Å². The van der Waals surface area contributed by atoms with Crippen molar-refractivity contribution in [2.45, 2.75) is 12.5 Å². The van der Waals surface area contributed by atoms with Gasteiger partial charge in [-0.15, -0.1) is 0 Å². The van der Waals surface area contributed by atoms with Crippen molar-refractivity contribution < 1.29 is 14.3 Å². The summed E-state index contributed by atoms with van der Waals surface area (Å²) in [5, 5.41) is 3.30. The monoisotopic (exact) mass is 395 g/mol. The van der Waals surface area contributed by atoms with E-state index in [1.54, 1.807) is 0 Å². The minimum absolute atomic E-state index is 0.0250. The minimum Gasteiger partial charge on any atom is -0.378 e. The Morgan fingerprint density at radius 2 is 1.79 bits per heavy atom. The lowest BCUT2D eigenvalue weighted by Crippen LogP contribution is -2.52.